The van der Waals surface area contributed by atoms with Crippen LogP contribution < -0.4 is 74.2 Å². The summed E-state index contributed by atoms with van der Waals surface area (Å²) in [4.78, 5) is 42.9. The Kier molecular flexibility index (Phi) is 18.4. The summed E-state index contributed by atoms with van der Waals surface area (Å²) in [6.45, 7) is -2.26. The molecule has 5 nitrogen and oxygen atoms in total. The molecule has 0 aliphatic carbocycles. The molecule has 0 fully saturated rings. The van der Waals surface area contributed by atoms with Crippen LogP contribution in [0, 0.1) is 0 Å². The third kappa shape index (κ3) is 14.9. The molecule has 130 valence electrons. The van der Waals surface area contributed by atoms with Crippen LogP contribution in [0.4, 0.5) is 0 Å². The molecule has 1 amide bonds. The van der Waals surface area contributed by atoms with Gasteiger partial charge in [0.1, 0.15) is 23.7 Å². The van der Waals surface area contributed by atoms with Gasteiger partial charge in [0.15, 0.2) is 5.75 Å². The van der Waals surface area contributed by atoms with Crippen molar-refractivity contribution in [1.82, 2.24) is 5.32 Å². The molecule has 0 aromatic heterocycles. The van der Waals surface area contributed by atoms with E-state index in [-0.39, 0.29) is 70.8 Å². The Balaban J connectivity index is 0. The van der Waals surface area contributed by atoms with Gasteiger partial charge in [0.25, 0.3) is 0 Å². The molecule has 1 aromatic rings. The van der Waals surface area contributed by atoms with Gasteiger partial charge in [-0.3, -0.25) is 4.79 Å². The maximum atomic E-state index is 12.1. The number of carbonyl (C=O) groups excluding carboxylic acids is 1. The van der Waals surface area contributed by atoms with E-state index in [1.165, 1.54) is 6.42 Å². The molecule has 25 heavy (non-hydrogen) atoms. The van der Waals surface area contributed by atoms with Crippen molar-refractivity contribution >= 4 is 23.6 Å². The Morgan fingerprint density at radius 3 is 2.32 bits per heavy atom. The molecular formula is C16H25NNa2O4PS+. The van der Waals surface area contributed by atoms with E-state index >= 15 is 0 Å². The van der Waals surface area contributed by atoms with Gasteiger partial charge in [0.2, 0.25) is 5.91 Å². The molecule has 0 saturated carbocycles. The molecule has 1 aromatic carbocycles. The number of rotatable bonds is 10. The summed E-state index contributed by atoms with van der Waals surface area (Å²) in [7, 11) is 0.454. The van der Waals surface area contributed by atoms with Crippen molar-refractivity contribution < 1.29 is 78.6 Å². The Hall–Kier alpha value is 1.22. The van der Waals surface area contributed by atoms with E-state index < -0.39 is 12.8 Å². The van der Waals surface area contributed by atoms with Crippen LogP contribution in [0.3, 0.4) is 0 Å². The molecule has 0 radical (unpaired) electrons. The minimum absolute atomic E-state index is 0. The summed E-state index contributed by atoms with van der Waals surface area (Å²) in [6, 6.07) is 8.76. The van der Waals surface area contributed by atoms with E-state index in [0.717, 1.165) is 31.2 Å². The van der Waals surface area contributed by atoms with Gasteiger partial charge in [0.05, 0.1) is 0 Å². The molecule has 0 heterocycles. The van der Waals surface area contributed by atoms with E-state index in [1.807, 2.05) is 30.3 Å². The topological polar surface area (TPSA) is 95.5 Å². The number of amides is 1. The zero-order chi connectivity index (χ0) is 17.1. The second kappa shape index (κ2) is 16.2. The average molecular weight is 404 g/mol. The van der Waals surface area contributed by atoms with E-state index in [0.29, 0.717) is 17.4 Å². The smallest absolute Gasteiger partial charge is 0.776 e. The first-order chi connectivity index (χ1) is 10.9. The molecule has 0 aliphatic rings. The molecule has 0 unspecified atom stereocenters. The number of unbranched alkanes of at least 4 members (excludes halogenated alkanes) is 4. The molecule has 0 spiro atoms. The van der Waals surface area contributed by atoms with Crippen molar-refractivity contribution in [3.8, 4) is 0 Å². The van der Waals surface area contributed by atoms with Crippen LogP contribution in [0.2, 0.25) is 0 Å². The Bertz CT molecular complexity index is 520. The predicted molar refractivity (Wildman–Crippen MR) is 92.1 cm³/mol. The zero-order valence-corrected chi connectivity index (χ0v) is 21.2. The second-order valence-corrected chi connectivity index (χ2v) is 9.15. The quantitative estimate of drug-likeness (QED) is 0.179. The van der Waals surface area contributed by atoms with Crippen LogP contribution in [0.1, 0.15) is 57.1 Å². The maximum absolute atomic E-state index is 12.1. The van der Waals surface area contributed by atoms with E-state index in [2.05, 4.69) is 12.2 Å². The molecule has 2 N–H and O–H groups in total. The molecular weight excluding hydrogens is 379 g/mol. The van der Waals surface area contributed by atoms with Gasteiger partial charge in [-0.05, 0) is 12.0 Å². The number of hydrogen-bond acceptors (Lipinski definition) is 3. The summed E-state index contributed by atoms with van der Waals surface area (Å²) < 4.78 is 0. The largest absolute Gasteiger partial charge is 1.00 e. The Morgan fingerprint density at radius 1 is 1.16 bits per heavy atom. The number of nitrogens with one attached hydrogen (secondary N) is 1. The van der Waals surface area contributed by atoms with Crippen molar-refractivity contribution in [2.45, 2.75) is 51.5 Å². The van der Waals surface area contributed by atoms with Gasteiger partial charge in [-0.25, -0.2) is 0 Å². The van der Waals surface area contributed by atoms with E-state index in [9.17, 15) is 14.6 Å². The standard InChI is InChI=1S/C16H25NO4PS.2Na/c1-2-3-4-5-9-12-16(18)17-15(13-23-22(19,20)21)14-10-7-6-8-11-14;;/h6-8,10-11,15H,2-5,9,12-13H2,1H3,(H2-2,17,18,19,20,21);;/q-1;2*+1/t15-;;/m0../s1. The fraction of sp³-hybridized carbons (Fsp3) is 0.562. The van der Waals surface area contributed by atoms with Gasteiger partial charge in [0, 0.05) is 6.42 Å². The minimum Gasteiger partial charge on any atom is -0.776 e. The molecule has 0 bridgehead atoms. The molecule has 9 heteroatoms. The number of carbonyl (C=O) groups is 1. The van der Waals surface area contributed by atoms with Crippen LogP contribution >= 0.6 is 6.72 Å². The van der Waals surface area contributed by atoms with Gasteiger partial charge < -0.3 is 20.0 Å². The van der Waals surface area contributed by atoms with Gasteiger partial charge in [-0.1, -0.05) is 62.9 Å². The SMILES string of the molecule is CCCCCCCC(=O)N[C@@H](C[S+]=P([O-])([O-])O)c1ccccc1.[Na+].[Na+]. The predicted octanol–water partition coefficient (Wildman–Crippen LogP) is -4.31. The third-order valence-corrected chi connectivity index (χ3v) is 5.68. The van der Waals surface area contributed by atoms with E-state index in [1.54, 1.807) is 0 Å². The molecule has 1 rings (SSSR count). The van der Waals surface area contributed by atoms with Crippen molar-refractivity contribution in [3.05, 3.63) is 35.9 Å². The average Bonchev–Trinajstić information content (AvgIpc) is 2.51. The molecule has 0 aliphatic heterocycles. The first kappa shape index (κ1) is 28.4. The summed E-state index contributed by atoms with van der Waals surface area (Å²) in [5.41, 5.74) is 0.827. The zero-order valence-electron chi connectivity index (χ0n) is 15.4. The minimum atomic E-state index is -4.40. The number of benzene rings is 1. The third-order valence-electron chi connectivity index (χ3n) is 3.45. The van der Waals surface area contributed by atoms with Gasteiger partial charge in [-0.2, -0.15) is 0 Å². The number of hydrogen-bond donors (Lipinski definition) is 2. The Labute approximate surface area is 198 Å². The second-order valence-electron chi connectivity index (χ2n) is 5.46. The van der Waals surface area contributed by atoms with Crippen LogP contribution in [0.15, 0.2) is 30.3 Å². The van der Waals surface area contributed by atoms with Crippen LogP contribution in [-0.4, -0.2) is 16.6 Å². The molecule has 1 atom stereocenters. The first-order valence-electron chi connectivity index (χ1n) is 7.95. The summed E-state index contributed by atoms with van der Waals surface area (Å²) in [6.07, 6.45) is 5.77. The van der Waals surface area contributed by atoms with Crippen molar-refractivity contribution in [2.75, 3.05) is 5.75 Å². The molecule has 0 saturated heterocycles. The van der Waals surface area contributed by atoms with Crippen molar-refractivity contribution in [3.63, 3.8) is 0 Å². The van der Waals surface area contributed by atoms with Crippen LogP contribution in [0.25, 0.3) is 0 Å². The first-order valence-corrected chi connectivity index (χ1v) is 11.1. The normalized spacial score (nSPS) is 11.7. The van der Waals surface area contributed by atoms with E-state index in [4.69, 9.17) is 4.89 Å². The summed E-state index contributed by atoms with van der Waals surface area (Å²) in [5, 5.41) is 2.87. The monoisotopic (exact) mass is 404 g/mol. The summed E-state index contributed by atoms with van der Waals surface area (Å²) in [5.74, 6) is -0.00214. The Morgan fingerprint density at radius 2 is 1.76 bits per heavy atom. The van der Waals surface area contributed by atoms with Gasteiger partial charge >= 0.3 is 59.1 Å². The van der Waals surface area contributed by atoms with Gasteiger partial charge in [-0.15, -0.1) is 0 Å². The van der Waals surface area contributed by atoms with Crippen molar-refractivity contribution in [1.29, 1.82) is 0 Å². The fourth-order valence-electron chi connectivity index (χ4n) is 2.23. The van der Waals surface area contributed by atoms with Crippen molar-refractivity contribution in [2.24, 2.45) is 0 Å². The maximum Gasteiger partial charge on any atom is 1.00 e. The fourth-order valence-corrected chi connectivity index (χ4v) is 3.86. The summed E-state index contributed by atoms with van der Waals surface area (Å²) >= 11 is 0. The van der Waals surface area contributed by atoms with Crippen LogP contribution in [-0.2, 0) is 15.7 Å². The van der Waals surface area contributed by atoms with Crippen LogP contribution in [0.5, 0.6) is 0 Å².